The molecule has 0 aliphatic rings. The van der Waals surface area contributed by atoms with Crippen LogP contribution in [0.3, 0.4) is 0 Å². The lowest BCUT2D eigenvalue weighted by Gasteiger charge is -2.25. The molecule has 0 bridgehead atoms. The number of nitrogens with two attached hydrogens (primary N) is 1. The minimum absolute atomic E-state index is 0.208. The number of primary amides is 1. The third-order valence-electron chi connectivity index (χ3n) is 1.97. The highest BCUT2D eigenvalue weighted by Gasteiger charge is 2.51. The van der Waals surface area contributed by atoms with Crippen molar-refractivity contribution in [2.45, 2.75) is 32.1 Å². The zero-order valence-electron chi connectivity index (χ0n) is 9.26. The zero-order valence-corrected chi connectivity index (χ0v) is 9.26. The first kappa shape index (κ1) is 15.7. The number of halogens is 4. The summed E-state index contributed by atoms with van der Waals surface area (Å²) >= 11 is 0. The summed E-state index contributed by atoms with van der Waals surface area (Å²) in [5, 5.41) is 0. The van der Waals surface area contributed by atoms with E-state index in [2.05, 4.69) is 0 Å². The number of carbonyl (C=O) groups excluding carboxylic acids is 2. The van der Waals surface area contributed by atoms with Crippen molar-refractivity contribution >= 4 is 11.8 Å². The fraction of sp³-hybridized carbons (Fsp3) is 0.778. The molecule has 0 aliphatic carbocycles. The molecule has 0 radical (unpaired) electrons. The number of amides is 2. The van der Waals surface area contributed by atoms with E-state index in [1.807, 2.05) is 0 Å². The molecule has 4 nitrogen and oxygen atoms in total. The van der Waals surface area contributed by atoms with E-state index >= 15 is 0 Å². The summed E-state index contributed by atoms with van der Waals surface area (Å²) in [6.07, 6.45) is -3.23. The van der Waals surface area contributed by atoms with Gasteiger partial charge in [-0.15, -0.1) is 0 Å². The number of rotatable bonds is 7. The van der Waals surface area contributed by atoms with Crippen molar-refractivity contribution in [1.82, 2.24) is 4.90 Å². The highest BCUT2D eigenvalue weighted by Crippen LogP contribution is 2.25. The Morgan fingerprint density at radius 1 is 1.35 bits per heavy atom. The molecule has 0 aromatic carbocycles. The number of carbonyl (C=O) groups is 2. The smallest absolute Gasteiger partial charge is 0.368 e. The van der Waals surface area contributed by atoms with E-state index in [1.54, 1.807) is 6.92 Å². The van der Waals surface area contributed by atoms with E-state index in [0.717, 1.165) is 0 Å². The number of hydrogen-bond acceptors (Lipinski definition) is 2. The predicted octanol–water partition coefficient (Wildman–Crippen LogP) is 1.00. The van der Waals surface area contributed by atoms with Crippen LogP contribution in [0.5, 0.6) is 0 Å². The number of alkyl halides is 4. The first-order valence-electron chi connectivity index (χ1n) is 4.97. The molecule has 2 N–H and O–H groups in total. The van der Waals surface area contributed by atoms with Crippen molar-refractivity contribution in [3.63, 3.8) is 0 Å². The quantitative estimate of drug-likeness (QED) is 0.692. The lowest BCUT2D eigenvalue weighted by atomic mass is 10.2. The van der Waals surface area contributed by atoms with Gasteiger partial charge in [-0.05, 0) is 6.42 Å². The average Bonchev–Trinajstić information content (AvgIpc) is 2.22. The molecule has 0 atom stereocenters. The van der Waals surface area contributed by atoms with Gasteiger partial charge in [-0.2, -0.15) is 8.78 Å². The molecule has 0 heterocycles. The Balaban J connectivity index is 4.78. The molecule has 0 saturated carbocycles. The van der Waals surface area contributed by atoms with Crippen molar-refractivity contribution in [3.05, 3.63) is 0 Å². The third-order valence-corrected chi connectivity index (χ3v) is 1.97. The van der Waals surface area contributed by atoms with Crippen LogP contribution in [0.1, 0.15) is 19.8 Å². The van der Waals surface area contributed by atoms with Gasteiger partial charge in [-0.1, -0.05) is 13.3 Å². The van der Waals surface area contributed by atoms with Gasteiger partial charge in [0.25, 0.3) is 5.91 Å². The van der Waals surface area contributed by atoms with Gasteiger partial charge in [0.1, 0.15) is 0 Å². The Morgan fingerprint density at radius 2 is 1.88 bits per heavy atom. The minimum Gasteiger partial charge on any atom is -0.368 e. The maximum Gasteiger partial charge on any atom is 0.383 e. The molecule has 0 aromatic heterocycles. The molecule has 0 saturated heterocycles. The summed E-state index contributed by atoms with van der Waals surface area (Å²) in [7, 11) is 0. The molecule has 8 heteroatoms. The molecule has 0 unspecified atom stereocenters. The van der Waals surface area contributed by atoms with Gasteiger partial charge in [0.2, 0.25) is 5.91 Å². The normalized spacial score (nSPS) is 11.6. The maximum atomic E-state index is 12.8. The van der Waals surface area contributed by atoms with Gasteiger partial charge < -0.3 is 10.6 Å². The van der Waals surface area contributed by atoms with E-state index in [9.17, 15) is 27.2 Å². The van der Waals surface area contributed by atoms with Crippen molar-refractivity contribution < 1.29 is 27.2 Å². The highest BCUT2D eigenvalue weighted by molar-refractivity contribution is 5.88. The van der Waals surface area contributed by atoms with Crippen molar-refractivity contribution in [2.75, 3.05) is 13.1 Å². The molecule has 2 amide bonds. The number of nitrogens with zero attached hydrogens (tertiary/aromatic N) is 1. The molecule has 100 valence electrons. The second kappa shape index (κ2) is 6.41. The van der Waals surface area contributed by atoms with Crippen molar-refractivity contribution in [3.8, 4) is 0 Å². The van der Waals surface area contributed by atoms with Crippen molar-refractivity contribution in [2.24, 2.45) is 5.73 Å². The lowest BCUT2D eigenvalue weighted by Crippen LogP contribution is -2.50. The largest absolute Gasteiger partial charge is 0.383 e. The topological polar surface area (TPSA) is 63.4 Å². The highest BCUT2D eigenvalue weighted by atomic mass is 19.3. The summed E-state index contributed by atoms with van der Waals surface area (Å²) in [4.78, 5) is 22.1. The summed E-state index contributed by atoms with van der Waals surface area (Å²) in [5.41, 5.74) is 4.76. The van der Waals surface area contributed by atoms with Crippen LogP contribution in [0, 0.1) is 0 Å². The van der Waals surface area contributed by atoms with Gasteiger partial charge in [-0.3, -0.25) is 9.59 Å². The van der Waals surface area contributed by atoms with Crippen LogP contribution in [-0.2, 0) is 9.59 Å². The Morgan fingerprint density at radius 3 is 2.24 bits per heavy atom. The average molecular weight is 258 g/mol. The second-order valence-electron chi connectivity index (χ2n) is 3.47. The van der Waals surface area contributed by atoms with Gasteiger partial charge in [0, 0.05) is 6.54 Å². The van der Waals surface area contributed by atoms with E-state index < -0.39 is 30.7 Å². The van der Waals surface area contributed by atoms with Gasteiger partial charge >= 0.3 is 12.3 Å². The fourth-order valence-electron chi connectivity index (χ4n) is 1.09. The molecule has 0 fully saturated rings. The first-order valence-corrected chi connectivity index (χ1v) is 4.97. The number of unbranched alkanes of at least 4 members (excludes halogenated alkanes) is 1. The maximum absolute atomic E-state index is 12.8. The van der Waals surface area contributed by atoms with Crippen LogP contribution in [0.2, 0.25) is 0 Å². The van der Waals surface area contributed by atoms with Crippen LogP contribution in [0.15, 0.2) is 0 Å². The van der Waals surface area contributed by atoms with Gasteiger partial charge in [0.15, 0.2) is 0 Å². The van der Waals surface area contributed by atoms with E-state index in [4.69, 9.17) is 5.73 Å². The molecule has 0 aromatic rings. The standard InChI is InChI=1S/C9H14F4N2O2/c1-2-3-4-15(5-6(14)16)8(17)9(12,13)7(10)11/h7H,2-5H2,1H3,(H2,14,16). The number of hydrogen-bond donors (Lipinski definition) is 1. The summed E-state index contributed by atoms with van der Waals surface area (Å²) in [6.45, 7) is 0.722. The van der Waals surface area contributed by atoms with E-state index in [-0.39, 0.29) is 6.54 Å². The first-order chi connectivity index (χ1) is 7.73. The van der Waals surface area contributed by atoms with Crippen molar-refractivity contribution in [1.29, 1.82) is 0 Å². The third kappa shape index (κ3) is 4.58. The summed E-state index contributed by atoms with van der Waals surface area (Å²) in [6, 6.07) is 0. The zero-order chi connectivity index (χ0) is 13.6. The second-order valence-corrected chi connectivity index (χ2v) is 3.47. The van der Waals surface area contributed by atoms with Crippen LogP contribution in [-0.4, -0.2) is 42.2 Å². The van der Waals surface area contributed by atoms with Crippen LogP contribution in [0.4, 0.5) is 17.6 Å². The SMILES string of the molecule is CCCCN(CC(N)=O)C(=O)C(F)(F)C(F)F. The molecule has 0 aliphatic heterocycles. The molecular weight excluding hydrogens is 244 g/mol. The van der Waals surface area contributed by atoms with Gasteiger partial charge in [0.05, 0.1) is 6.54 Å². The monoisotopic (exact) mass is 258 g/mol. The Labute approximate surface area is 95.7 Å². The van der Waals surface area contributed by atoms with E-state index in [0.29, 0.717) is 17.7 Å². The molecule has 0 rings (SSSR count). The van der Waals surface area contributed by atoms with E-state index in [1.165, 1.54) is 0 Å². The molecular formula is C9H14F4N2O2. The van der Waals surface area contributed by atoms with Gasteiger partial charge in [-0.25, -0.2) is 8.78 Å². The Kier molecular flexibility index (Phi) is 5.90. The molecule has 0 spiro atoms. The van der Waals surface area contributed by atoms with Crippen LogP contribution in [0.25, 0.3) is 0 Å². The fourth-order valence-corrected chi connectivity index (χ4v) is 1.09. The molecule has 17 heavy (non-hydrogen) atoms. The van der Waals surface area contributed by atoms with Crippen LogP contribution >= 0.6 is 0 Å². The predicted molar refractivity (Wildman–Crippen MR) is 51.6 cm³/mol. The van der Waals surface area contributed by atoms with Crippen LogP contribution < -0.4 is 5.73 Å². The minimum atomic E-state index is -4.79. The summed E-state index contributed by atoms with van der Waals surface area (Å²) in [5.74, 6) is -7.89. The Hall–Kier alpha value is -1.34. The summed E-state index contributed by atoms with van der Waals surface area (Å²) < 4.78 is 49.5. The lowest BCUT2D eigenvalue weighted by molar-refractivity contribution is -0.181. The Bertz CT molecular complexity index is 284.